The second kappa shape index (κ2) is 12.7. The van der Waals surface area contributed by atoms with Crippen molar-refractivity contribution >= 4 is 17.4 Å². The van der Waals surface area contributed by atoms with Crippen LogP contribution in [-0.4, -0.2) is 60.2 Å². The third-order valence-corrected chi connectivity index (χ3v) is 5.02. The minimum atomic E-state index is -0.604. The van der Waals surface area contributed by atoms with E-state index in [1.807, 2.05) is 34.6 Å². The molecule has 0 aliphatic carbocycles. The molecule has 4 atom stereocenters. The minimum absolute atomic E-state index is 0.0700. The molecule has 2 rings (SSSR count). The number of nitrogens with zero attached hydrogens (tertiary/aromatic N) is 2. The topological polar surface area (TPSA) is 90.1 Å². The lowest BCUT2D eigenvalue weighted by atomic mass is 9.99. The lowest BCUT2D eigenvalue weighted by Crippen LogP contribution is -2.40. The van der Waals surface area contributed by atoms with Crippen molar-refractivity contribution < 1.29 is 18.9 Å². The van der Waals surface area contributed by atoms with Crippen LogP contribution in [0.2, 0.25) is 5.28 Å². The van der Waals surface area contributed by atoms with Gasteiger partial charge in [-0.15, -0.1) is 0 Å². The molecule has 2 N–H and O–H groups in total. The molecule has 0 saturated carbocycles. The molecule has 1 aromatic rings. The van der Waals surface area contributed by atoms with Gasteiger partial charge in [-0.2, -0.15) is 4.98 Å². The van der Waals surface area contributed by atoms with Gasteiger partial charge in [0.2, 0.25) is 11.6 Å². The second-order valence-electron chi connectivity index (χ2n) is 8.61. The zero-order chi connectivity index (χ0) is 23.7. The van der Waals surface area contributed by atoms with Gasteiger partial charge in [0.15, 0.2) is 12.5 Å². The van der Waals surface area contributed by atoms with Gasteiger partial charge < -0.3 is 24.3 Å². The van der Waals surface area contributed by atoms with Crippen molar-refractivity contribution in [3.63, 3.8) is 0 Å². The molecule has 0 radical (unpaired) electrons. The zero-order valence-electron chi connectivity index (χ0n) is 20.2. The Morgan fingerprint density at radius 1 is 1.22 bits per heavy atom. The number of aromatic nitrogens is 2. The summed E-state index contributed by atoms with van der Waals surface area (Å²) in [6.45, 7) is 15.9. The van der Waals surface area contributed by atoms with Crippen molar-refractivity contribution in [1.82, 2.24) is 15.3 Å². The van der Waals surface area contributed by atoms with Gasteiger partial charge in [0.1, 0.15) is 5.82 Å². The lowest BCUT2D eigenvalue weighted by molar-refractivity contribution is -0.0969. The van der Waals surface area contributed by atoms with Crippen molar-refractivity contribution in [3.8, 4) is 11.8 Å². The summed E-state index contributed by atoms with van der Waals surface area (Å²) in [5.41, 5.74) is 0.380. The summed E-state index contributed by atoms with van der Waals surface area (Å²) in [6.07, 6.45) is 1.65. The first kappa shape index (κ1) is 26.8. The second-order valence-corrected chi connectivity index (χ2v) is 8.95. The number of rotatable bonds is 12. The highest BCUT2D eigenvalue weighted by Crippen LogP contribution is 2.26. The molecule has 0 aromatic carbocycles. The molecule has 1 aliphatic rings. The van der Waals surface area contributed by atoms with E-state index in [0.717, 1.165) is 6.42 Å². The van der Waals surface area contributed by atoms with E-state index in [-0.39, 0.29) is 29.4 Å². The van der Waals surface area contributed by atoms with Crippen LogP contribution in [0, 0.1) is 17.8 Å². The summed E-state index contributed by atoms with van der Waals surface area (Å²) in [5.74, 6) is 7.00. The maximum atomic E-state index is 6.08. The first-order valence-corrected chi connectivity index (χ1v) is 11.6. The molecule has 180 valence electrons. The average Bonchev–Trinajstić information content (AvgIpc) is 3.45. The Labute approximate surface area is 197 Å². The standard InChI is InChI=1S/C23H37ClN4O4/c1-8-15(4)17(14-25-20-21(31-20)32-23(5,6)7)27-19-16(13-26-22(24)28-19)11-12-18(29-9-2)30-10-3/h13,15,17-18,20-21,25H,8-10,14H2,1-7H3,(H,26,27,28)/t15?,17-,20?,21?/m1/s1. The van der Waals surface area contributed by atoms with Crippen LogP contribution >= 0.6 is 11.6 Å². The minimum Gasteiger partial charge on any atom is -0.365 e. The molecule has 8 nitrogen and oxygen atoms in total. The van der Waals surface area contributed by atoms with Crippen LogP contribution in [0.15, 0.2) is 6.20 Å². The molecule has 0 amide bonds. The molecule has 9 heteroatoms. The normalized spacial score (nSPS) is 19.9. The highest BCUT2D eigenvalue weighted by Gasteiger charge is 2.42. The van der Waals surface area contributed by atoms with Gasteiger partial charge in [0, 0.05) is 32.0 Å². The molecule has 3 unspecified atom stereocenters. The Balaban J connectivity index is 2.10. The van der Waals surface area contributed by atoms with Crippen LogP contribution in [0.5, 0.6) is 0 Å². The predicted molar refractivity (Wildman–Crippen MR) is 125 cm³/mol. The molecule has 1 aliphatic heterocycles. The van der Waals surface area contributed by atoms with Crippen molar-refractivity contribution in [2.75, 3.05) is 25.1 Å². The number of ether oxygens (including phenoxy) is 4. The van der Waals surface area contributed by atoms with Crippen molar-refractivity contribution in [2.24, 2.45) is 5.92 Å². The van der Waals surface area contributed by atoms with E-state index in [0.29, 0.717) is 37.1 Å². The molecule has 1 saturated heterocycles. The van der Waals surface area contributed by atoms with E-state index in [9.17, 15) is 0 Å². The summed E-state index contributed by atoms with van der Waals surface area (Å²) in [5, 5.41) is 7.07. The highest BCUT2D eigenvalue weighted by molar-refractivity contribution is 6.28. The monoisotopic (exact) mass is 468 g/mol. The molecule has 0 spiro atoms. The summed E-state index contributed by atoms with van der Waals surface area (Å²) in [4.78, 5) is 8.47. The van der Waals surface area contributed by atoms with E-state index in [4.69, 9.17) is 30.5 Å². The Hall–Kier alpha value is -1.47. The molecular formula is C23H37ClN4O4. The molecule has 0 bridgehead atoms. The number of nitrogens with one attached hydrogen (secondary N) is 2. The van der Waals surface area contributed by atoms with E-state index in [2.05, 4.69) is 46.3 Å². The van der Waals surface area contributed by atoms with Crippen LogP contribution in [-0.2, 0) is 18.9 Å². The van der Waals surface area contributed by atoms with Crippen LogP contribution in [0.3, 0.4) is 0 Å². The van der Waals surface area contributed by atoms with Crippen LogP contribution in [0.25, 0.3) is 0 Å². The Bertz CT molecular complexity index is 771. The SMILES string of the molecule is CCOC(C#Cc1cnc(Cl)nc1N[C@H](CNC1OC1OC(C)(C)C)C(C)CC)OCC. The van der Waals surface area contributed by atoms with Crippen LogP contribution < -0.4 is 10.6 Å². The van der Waals surface area contributed by atoms with E-state index in [1.165, 1.54) is 0 Å². The smallest absolute Gasteiger partial charge is 0.224 e. The van der Waals surface area contributed by atoms with Crippen molar-refractivity contribution in [2.45, 2.75) is 85.3 Å². The maximum Gasteiger partial charge on any atom is 0.224 e. The number of anilines is 1. The number of halogens is 1. The Morgan fingerprint density at radius 2 is 1.91 bits per heavy atom. The highest BCUT2D eigenvalue weighted by atomic mass is 35.5. The van der Waals surface area contributed by atoms with Gasteiger partial charge >= 0.3 is 0 Å². The summed E-state index contributed by atoms with van der Waals surface area (Å²) in [6, 6.07) is 0.0700. The first-order valence-electron chi connectivity index (χ1n) is 11.3. The quantitative estimate of drug-likeness (QED) is 0.207. The summed E-state index contributed by atoms with van der Waals surface area (Å²) in [7, 11) is 0. The Kier molecular flexibility index (Phi) is 10.6. The molecule has 1 aromatic heterocycles. The number of epoxide rings is 1. The zero-order valence-corrected chi connectivity index (χ0v) is 21.0. The molecule has 1 fully saturated rings. The van der Waals surface area contributed by atoms with Crippen LogP contribution in [0.4, 0.5) is 5.82 Å². The molecule has 2 heterocycles. The fourth-order valence-corrected chi connectivity index (χ4v) is 3.05. The van der Waals surface area contributed by atoms with E-state index < -0.39 is 6.29 Å². The van der Waals surface area contributed by atoms with Gasteiger partial charge in [0.25, 0.3) is 0 Å². The summed E-state index contributed by atoms with van der Waals surface area (Å²) >= 11 is 6.08. The average molecular weight is 469 g/mol. The van der Waals surface area contributed by atoms with Gasteiger partial charge in [0.05, 0.1) is 11.2 Å². The maximum absolute atomic E-state index is 6.08. The summed E-state index contributed by atoms with van der Waals surface area (Å²) < 4.78 is 22.4. The predicted octanol–water partition coefficient (Wildman–Crippen LogP) is 3.79. The van der Waals surface area contributed by atoms with Crippen molar-refractivity contribution in [3.05, 3.63) is 17.0 Å². The van der Waals surface area contributed by atoms with Gasteiger partial charge in [-0.25, -0.2) is 4.98 Å². The lowest BCUT2D eigenvalue weighted by Gasteiger charge is -2.25. The molecule has 32 heavy (non-hydrogen) atoms. The Morgan fingerprint density at radius 3 is 2.50 bits per heavy atom. The van der Waals surface area contributed by atoms with Crippen LogP contribution in [0.1, 0.15) is 60.5 Å². The third kappa shape index (κ3) is 9.18. The van der Waals surface area contributed by atoms with E-state index in [1.54, 1.807) is 6.20 Å². The number of hydrogen-bond donors (Lipinski definition) is 2. The molecular weight excluding hydrogens is 432 g/mol. The van der Waals surface area contributed by atoms with Gasteiger partial charge in [-0.1, -0.05) is 26.2 Å². The van der Waals surface area contributed by atoms with Gasteiger partial charge in [-0.05, 0) is 58.1 Å². The van der Waals surface area contributed by atoms with Crippen molar-refractivity contribution in [1.29, 1.82) is 0 Å². The number of hydrogen-bond acceptors (Lipinski definition) is 8. The fourth-order valence-electron chi connectivity index (χ4n) is 2.91. The van der Waals surface area contributed by atoms with Gasteiger partial charge in [-0.3, -0.25) is 5.32 Å². The largest absolute Gasteiger partial charge is 0.365 e. The van der Waals surface area contributed by atoms with E-state index >= 15 is 0 Å². The third-order valence-electron chi connectivity index (χ3n) is 4.83. The fraction of sp³-hybridized carbons (Fsp3) is 0.739. The first-order chi connectivity index (χ1) is 15.2.